The number of hydrogen-bond acceptors (Lipinski definition) is 2. The summed E-state index contributed by atoms with van der Waals surface area (Å²) in [5.41, 5.74) is 5.99. The summed E-state index contributed by atoms with van der Waals surface area (Å²) in [6, 6.07) is 0.204. The van der Waals surface area contributed by atoms with Crippen molar-refractivity contribution >= 4 is 0 Å². The lowest BCUT2D eigenvalue weighted by molar-refractivity contribution is 0.0368. The van der Waals surface area contributed by atoms with Crippen LogP contribution in [0.4, 0.5) is 0 Å². The fourth-order valence-corrected chi connectivity index (χ4v) is 1.45. The van der Waals surface area contributed by atoms with Crippen LogP contribution in [0.25, 0.3) is 0 Å². The first-order valence-electron chi connectivity index (χ1n) is 4.98. The Bertz CT molecular complexity index is 104. The van der Waals surface area contributed by atoms with Gasteiger partial charge in [-0.1, -0.05) is 20.8 Å². The molecule has 0 bridgehead atoms. The van der Waals surface area contributed by atoms with E-state index in [4.69, 9.17) is 10.5 Å². The monoisotopic (exact) mass is 173 g/mol. The van der Waals surface area contributed by atoms with Gasteiger partial charge in [-0.3, -0.25) is 0 Å². The lowest BCUT2D eigenvalue weighted by atomic mass is 9.98. The Morgan fingerprint density at radius 3 is 2.17 bits per heavy atom. The zero-order chi connectivity index (χ0) is 9.56. The van der Waals surface area contributed by atoms with E-state index >= 15 is 0 Å². The molecule has 0 aromatic carbocycles. The molecule has 2 atom stereocenters. The third-order valence-corrected chi connectivity index (χ3v) is 2.00. The van der Waals surface area contributed by atoms with Crippen molar-refractivity contribution in [3.63, 3.8) is 0 Å². The average molecular weight is 173 g/mol. The molecule has 0 aromatic heterocycles. The maximum absolute atomic E-state index is 5.99. The predicted octanol–water partition coefficient (Wildman–Crippen LogP) is 2.17. The molecule has 0 spiro atoms. The van der Waals surface area contributed by atoms with Gasteiger partial charge in [0, 0.05) is 12.6 Å². The maximum atomic E-state index is 5.99. The topological polar surface area (TPSA) is 35.2 Å². The van der Waals surface area contributed by atoms with Gasteiger partial charge in [-0.2, -0.15) is 0 Å². The van der Waals surface area contributed by atoms with Crippen molar-refractivity contribution in [1.29, 1.82) is 0 Å². The van der Waals surface area contributed by atoms with E-state index in [9.17, 15) is 0 Å². The fourth-order valence-electron chi connectivity index (χ4n) is 1.45. The summed E-state index contributed by atoms with van der Waals surface area (Å²) in [6.45, 7) is 9.30. The van der Waals surface area contributed by atoms with Crippen molar-refractivity contribution in [2.75, 3.05) is 6.61 Å². The fraction of sp³-hybridized carbons (Fsp3) is 1.00. The van der Waals surface area contributed by atoms with Crippen molar-refractivity contribution < 1.29 is 4.74 Å². The van der Waals surface area contributed by atoms with Gasteiger partial charge in [-0.15, -0.1) is 0 Å². The molecule has 0 aliphatic heterocycles. The Morgan fingerprint density at radius 1 is 1.25 bits per heavy atom. The van der Waals surface area contributed by atoms with Gasteiger partial charge in [0.05, 0.1) is 6.10 Å². The number of rotatable bonds is 6. The van der Waals surface area contributed by atoms with Crippen molar-refractivity contribution in [2.24, 2.45) is 11.7 Å². The van der Waals surface area contributed by atoms with Crippen LogP contribution in [0.1, 0.15) is 40.5 Å². The van der Waals surface area contributed by atoms with Gasteiger partial charge in [-0.05, 0) is 25.7 Å². The molecule has 0 saturated heterocycles. The van der Waals surface area contributed by atoms with Crippen LogP contribution in [0.2, 0.25) is 0 Å². The molecule has 2 unspecified atom stereocenters. The molecule has 12 heavy (non-hydrogen) atoms. The Balaban J connectivity index is 3.76. The average Bonchev–Trinajstić information content (AvgIpc) is 1.98. The van der Waals surface area contributed by atoms with Crippen LogP contribution < -0.4 is 5.73 Å². The van der Waals surface area contributed by atoms with E-state index in [0.29, 0.717) is 5.92 Å². The maximum Gasteiger partial charge on any atom is 0.0723 e. The Morgan fingerprint density at radius 2 is 1.83 bits per heavy atom. The summed E-state index contributed by atoms with van der Waals surface area (Å²) in [7, 11) is 0. The van der Waals surface area contributed by atoms with Crippen LogP contribution >= 0.6 is 0 Å². The highest BCUT2D eigenvalue weighted by Gasteiger charge is 2.16. The molecule has 0 aliphatic rings. The smallest absolute Gasteiger partial charge is 0.0723 e. The first-order chi connectivity index (χ1) is 5.61. The summed E-state index contributed by atoms with van der Waals surface area (Å²) in [5, 5.41) is 0. The molecule has 0 rings (SSSR count). The molecule has 0 saturated carbocycles. The van der Waals surface area contributed by atoms with E-state index in [1.54, 1.807) is 0 Å². The highest BCUT2D eigenvalue weighted by molar-refractivity contribution is 4.73. The third-order valence-electron chi connectivity index (χ3n) is 2.00. The highest BCUT2D eigenvalue weighted by atomic mass is 16.5. The summed E-state index contributed by atoms with van der Waals surface area (Å²) in [6.07, 6.45) is 2.32. The van der Waals surface area contributed by atoms with Crippen LogP contribution in [0.15, 0.2) is 0 Å². The SMILES string of the molecule is CCOC(CC)C(N)CC(C)C. The molecule has 0 aromatic rings. The second-order valence-electron chi connectivity index (χ2n) is 3.70. The summed E-state index contributed by atoms with van der Waals surface area (Å²) in [5.74, 6) is 0.662. The second-order valence-corrected chi connectivity index (χ2v) is 3.70. The number of hydrogen-bond donors (Lipinski definition) is 1. The quantitative estimate of drug-likeness (QED) is 0.668. The zero-order valence-corrected chi connectivity index (χ0v) is 8.84. The van der Waals surface area contributed by atoms with Gasteiger partial charge in [0.1, 0.15) is 0 Å². The minimum atomic E-state index is 0.204. The zero-order valence-electron chi connectivity index (χ0n) is 8.84. The molecular formula is C10H23NO. The van der Waals surface area contributed by atoms with Crippen LogP contribution in [0.5, 0.6) is 0 Å². The molecule has 0 amide bonds. The molecule has 2 N–H and O–H groups in total. The highest BCUT2D eigenvalue weighted by Crippen LogP contribution is 2.11. The van der Waals surface area contributed by atoms with Gasteiger partial charge >= 0.3 is 0 Å². The van der Waals surface area contributed by atoms with E-state index in [-0.39, 0.29) is 12.1 Å². The third kappa shape index (κ3) is 4.73. The minimum absolute atomic E-state index is 0.204. The van der Waals surface area contributed by atoms with Crippen molar-refractivity contribution in [3.8, 4) is 0 Å². The summed E-state index contributed by atoms with van der Waals surface area (Å²) in [4.78, 5) is 0. The number of nitrogens with two attached hydrogens (primary N) is 1. The first-order valence-corrected chi connectivity index (χ1v) is 4.98. The standard InChI is InChI=1S/C10H23NO/c1-5-10(12-6-2)9(11)7-8(3)4/h8-10H,5-7,11H2,1-4H3. The first kappa shape index (κ1) is 11.9. The molecular weight excluding hydrogens is 150 g/mol. The minimum Gasteiger partial charge on any atom is -0.377 e. The van der Waals surface area contributed by atoms with Crippen LogP contribution in [0, 0.1) is 5.92 Å². The van der Waals surface area contributed by atoms with E-state index in [0.717, 1.165) is 19.4 Å². The van der Waals surface area contributed by atoms with Gasteiger partial charge in [0.25, 0.3) is 0 Å². The number of ether oxygens (including phenoxy) is 1. The molecule has 0 fully saturated rings. The normalized spacial score (nSPS) is 16.5. The van der Waals surface area contributed by atoms with E-state index < -0.39 is 0 Å². The Labute approximate surface area is 76.5 Å². The van der Waals surface area contributed by atoms with Crippen molar-refractivity contribution in [2.45, 2.75) is 52.7 Å². The lowest BCUT2D eigenvalue weighted by Gasteiger charge is -2.23. The molecule has 2 nitrogen and oxygen atoms in total. The molecule has 74 valence electrons. The Kier molecular flexibility index (Phi) is 6.39. The lowest BCUT2D eigenvalue weighted by Crippen LogP contribution is -2.37. The summed E-state index contributed by atoms with van der Waals surface area (Å²) >= 11 is 0. The predicted molar refractivity (Wildman–Crippen MR) is 53.1 cm³/mol. The van der Waals surface area contributed by atoms with Crippen LogP contribution in [0.3, 0.4) is 0 Å². The van der Waals surface area contributed by atoms with Crippen molar-refractivity contribution in [1.82, 2.24) is 0 Å². The van der Waals surface area contributed by atoms with E-state index in [2.05, 4.69) is 20.8 Å². The van der Waals surface area contributed by atoms with E-state index in [1.807, 2.05) is 6.92 Å². The molecule has 2 heteroatoms. The van der Waals surface area contributed by atoms with Crippen LogP contribution in [-0.2, 0) is 4.74 Å². The largest absolute Gasteiger partial charge is 0.377 e. The van der Waals surface area contributed by atoms with Crippen LogP contribution in [-0.4, -0.2) is 18.8 Å². The Hall–Kier alpha value is -0.0800. The summed E-state index contributed by atoms with van der Waals surface area (Å²) < 4.78 is 5.53. The molecule has 0 aliphatic carbocycles. The molecule has 0 heterocycles. The second kappa shape index (κ2) is 6.44. The van der Waals surface area contributed by atoms with E-state index in [1.165, 1.54) is 0 Å². The molecule has 0 radical (unpaired) electrons. The van der Waals surface area contributed by atoms with Gasteiger partial charge in [-0.25, -0.2) is 0 Å². The van der Waals surface area contributed by atoms with Gasteiger partial charge < -0.3 is 10.5 Å². The van der Waals surface area contributed by atoms with Gasteiger partial charge in [0.15, 0.2) is 0 Å². The van der Waals surface area contributed by atoms with Crippen molar-refractivity contribution in [3.05, 3.63) is 0 Å². The van der Waals surface area contributed by atoms with Gasteiger partial charge in [0.2, 0.25) is 0 Å².